The van der Waals surface area contributed by atoms with Gasteiger partial charge in [0.1, 0.15) is 0 Å². The van der Waals surface area contributed by atoms with E-state index in [2.05, 4.69) is 24.3 Å². The van der Waals surface area contributed by atoms with Gasteiger partial charge in [0, 0.05) is 17.1 Å². The second kappa shape index (κ2) is 12.4. The molecule has 37 heavy (non-hydrogen) atoms. The third kappa shape index (κ3) is 8.37. The van der Waals surface area contributed by atoms with E-state index in [9.17, 15) is 8.42 Å². The normalized spacial score (nSPS) is 10.6. The summed E-state index contributed by atoms with van der Waals surface area (Å²) >= 11 is 0. The van der Waals surface area contributed by atoms with Crippen LogP contribution in [0.25, 0.3) is 11.1 Å². The number of anilines is 3. The van der Waals surface area contributed by atoms with Gasteiger partial charge in [0.2, 0.25) is 0 Å². The van der Waals surface area contributed by atoms with Crippen LogP contribution < -0.4 is 17.2 Å². The highest BCUT2D eigenvalue weighted by molar-refractivity contribution is 7.85. The van der Waals surface area contributed by atoms with Gasteiger partial charge in [-0.1, -0.05) is 35.9 Å². The van der Waals surface area contributed by atoms with Crippen LogP contribution in [0.5, 0.6) is 0 Å². The van der Waals surface area contributed by atoms with Crippen LogP contribution in [-0.4, -0.2) is 13.0 Å². The van der Waals surface area contributed by atoms with Gasteiger partial charge in [-0.2, -0.15) is 8.42 Å². The summed E-state index contributed by atoms with van der Waals surface area (Å²) in [6.45, 7) is 12.0. The van der Waals surface area contributed by atoms with Gasteiger partial charge in [-0.15, -0.1) is 0 Å². The molecule has 196 valence electrons. The molecule has 0 bridgehead atoms. The zero-order valence-corrected chi connectivity index (χ0v) is 23.1. The molecule has 4 aromatic rings. The van der Waals surface area contributed by atoms with E-state index < -0.39 is 10.1 Å². The van der Waals surface area contributed by atoms with Crippen LogP contribution in [0.15, 0.2) is 77.7 Å². The van der Waals surface area contributed by atoms with Gasteiger partial charge in [0.15, 0.2) is 0 Å². The highest BCUT2D eigenvalue weighted by atomic mass is 32.2. The standard InChI is InChI=1S/C16H20N2.C7H9N.C7H8O3S/c1-9-5-13(6-10(2)15(9)17)14-7-11(3)16(18)12(4)8-14;1-6-4-2-3-5-7(6)8;1-6-2-4-7(5-3-6)11(8,9)10/h5-8H,17-18H2,1-4H3;2-5H,8H2,1H3;2-5H,1H3,(H,8,9,10). The number of para-hydroxylation sites is 1. The molecule has 0 heterocycles. The van der Waals surface area contributed by atoms with Crippen LogP contribution in [0.3, 0.4) is 0 Å². The van der Waals surface area contributed by atoms with Gasteiger partial charge >= 0.3 is 0 Å². The number of nitrogen functional groups attached to an aromatic ring is 3. The average Bonchev–Trinajstić information content (AvgIpc) is 2.83. The zero-order chi connectivity index (χ0) is 27.9. The van der Waals surface area contributed by atoms with Crippen LogP contribution in [0.1, 0.15) is 33.4 Å². The Morgan fingerprint density at radius 3 is 1.24 bits per heavy atom. The number of rotatable bonds is 2. The van der Waals surface area contributed by atoms with Crippen molar-refractivity contribution in [2.75, 3.05) is 17.2 Å². The van der Waals surface area contributed by atoms with Crippen LogP contribution >= 0.6 is 0 Å². The molecule has 0 aliphatic heterocycles. The minimum absolute atomic E-state index is 0.0666. The maximum absolute atomic E-state index is 10.5. The molecule has 0 aromatic heterocycles. The molecule has 0 fully saturated rings. The molecular weight excluding hydrogens is 482 g/mol. The Morgan fingerprint density at radius 2 is 0.946 bits per heavy atom. The van der Waals surface area contributed by atoms with Crippen LogP contribution in [0, 0.1) is 41.5 Å². The average molecular weight is 520 g/mol. The fourth-order valence-corrected chi connectivity index (χ4v) is 4.06. The molecule has 0 saturated carbocycles. The third-order valence-corrected chi connectivity index (χ3v) is 6.90. The topological polar surface area (TPSA) is 132 Å². The number of nitrogens with two attached hydrogens (primary N) is 3. The van der Waals surface area contributed by atoms with Crippen LogP contribution in [0.2, 0.25) is 0 Å². The molecule has 7 N–H and O–H groups in total. The Labute approximate surface area is 220 Å². The minimum atomic E-state index is -4.02. The summed E-state index contributed by atoms with van der Waals surface area (Å²) in [7, 11) is -4.02. The first kappa shape index (κ1) is 29.4. The van der Waals surface area contributed by atoms with Gasteiger partial charge in [0.05, 0.1) is 4.90 Å². The monoisotopic (exact) mass is 519 g/mol. The molecule has 6 nitrogen and oxygen atoms in total. The van der Waals surface area contributed by atoms with Crippen LogP contribution in [0.4, 0.5) is 17.1 Å². The van der Waals surface area contributed by atoms with Gasteiger partial charge < -0.3 is 17.2 Å². The molecule has 4 aromatic carbocycles. The van der Waals surface area contributed by atoms with Crippen molar-refractivity contribution in [3.63, 3.8) is 0 Å². The van der Waals surface area contributed by atoms with E-state index >= 15 is 0 Å². The SMILES string of the molecule is Cc1cc(-c2cc(C)c(N)c(C)c2)cc(C)c1N.Cc1ccc(S(=O)(=O)O)cc1.Cc1ccccc1N. The fourth-order valence-electron chi connectivity index (χ4n) is 3.58. The Hall–Kier alpha value is -3.81. The van der Waals surface area contributed by atoms with Crippen molar-refractivity contribution in [2.24, 2.45) is 0 Å². The summed E-state index contributed by atoms with van der Waals surface area (Å²) in [5.41, 5.74) is 29.1. The first-order valence-corrected chi connectivity index (χ1v) is 13.2. The van der Waals surface area contributed by atoms with Crippen molar-refractivity contribution in [1.82, 2.24) is 0 Å². The highest BCUT2D eigenvalue weighted by Crippen LogP contribution is 2.30. The van der Waals surface area contributed by atoms with Crippen molar-refractivity contribution in [2.45, 2.75) is 46.4 Å². The summed E-state index contributed by atoms with van der Waals surface area (Å²) in [6.07, 6.45) is 0. The first-order chi connectivity index (χ1) is 17.2. The second-order valence-electron chi connectivity index (χ2n) is 9.19. The van der Waals surface area contributed by atoms with Crippen molar-refractivity contribution < 1.29 is 13.0 Å². The minimum Gasteiger partial charge on any atom is -0.399 e. The first-order valence-electron chi connectivity index (χ1n) is 11.8. The maximum atomic E-state index is 10.5. The molecule has 4 rings (SSSR count). The van der Waals surface area contributed by atoms with E-state index in [-0.39, 0.29) is 4.90 Å². The Morgan fingerprint density at radius 1 is 0.568 bits per heavy atom. The molecular formula is C30H37N3O3S. The molecule has 0 saturated heterocycles. The fraction of sp³-hybridized carbons (Fsp3) is 0.200. The largest absolute Gasteiger partial charge is 0.399 e. The van der Waals surface area contributed by atoms with Gasteiger partial charge in [-0.25, -0.2) is 0 Å². The Kier molecular flexibility index (Phi) is 9.88. The quantitative estimate of drug-likeness (QED) is 0.175. The lowest BCUT2D eigenvalue weighted by molar-refractivity contribution is 0.483. The molecule has 0 atom stereocenters. The van der Waals surface area contributed by atoms with E-state index in [0.29, 0.717) is 0 Å². The summed E-state index contributed by atoms with van der Waals surface area (Å²) < 4.78 is 29.6. The Bertz CT molecular complexity index is 1360. The van der Waals surface area contributed by atoms with Gasteiger partial charge in [-0.3, -0.25) is 4.55 Å². The second-order valence-corrected chi connectivity index (χ2v) is 10.6. The van der Waals surface area contributed by atoms with E-state index in [4.69, 9.17) is 21.8 Å². The van der Waals surface area contributed by atoms with Crippen LogP contribution in [-0.2, 0) is 10.1 Å². The van der Waals surface area contributed by atoms with Gasteiger partial charge in [0.25, 0.3) is 10.1 Å². The predicted octanol–water partition coefficient (Wildman–Crippen LogP) is 6.57. The van der Waals surface area contributed by atoms with Crippen molar-refractivity contribution in [1.29, 1.82) is 0 Å². The molecule has 0 aliphatic rings. The number of benzene rings is 4. The molecule has 0 aliphatic carbocycles. The molecule has 0 radical (unpaired) electrons. The lowest BCUT2D eigenvalue weighted by Crippen LogP contribution is -1.97. The van der Waals surface area contributed by atoms with Crippen molar-refractivity contribution in [3.8, 4) is 11.1 Å². The summed E-state index contributed by atoms with van der Waals surface area (Å²) in [5, 5.41) is 0. The van der Waals surface area contributed by atoms with Crippen molar-refractivity contribution >= 4 is 27.2 Å². The van der Waals surface area contributed by atoms with E-state index in [1.807, 2.05) is 65.8 Å². The molecule has 0 unspecified atom stereocenters. The lowest BCUT2D eigenvalue weighted by Gasteiger charge is -2.12. The smallest absolute Gasteiger partial charge is 0.294 e. The molecule has 0 spiro atoms. The summed E-state index contributed by atoms with van der Waals surface area (Å²) in [5.74, 6) is 0. The van der Waals surface area contributed by atoms with E-state index in [0.717, 1.165) is 50.4 Å². The third-order valence-electron chi connectivity index (χ3n) is 6.03. The summed E-state index contributed by atoms with van der Waals surface area (Å²) in [4.78, 5) is -0.0666. The predicted molar refractivity (Wildman–Crippen MR) is 156 cm³/mol. The Balaban J connectivity index is 0.000000215. The maximum Gasteiger partial charge on any atom is 0.294 e. The zero-order valence-electron chi connectivity index (χ0n) is 22.3. The number of aryl methyl sites for hydroxylation is 6. The molecule has 7 heteroatoms. The number of hydrogen-bond donors (Lipinski definition) is 4. The molecule has 0 amide bonds. The highest BCUT2D eigenvalue weighted by Gasteiger charge is 2.08. The number of hydrogen-bond acceptors (Lipinski definition) is 5. The van der Waals surface area contributed by atoms with E-state index in [1.54, 1.807) is 12.1 Å². The van der Waals surface area contributed by atoms with E-state index in [1.165, 1.54) is 23.3 Å². The summed E-state index contributed by atoms with van der Waals surface area (Å²) in [6, 6.07) is 22.3. The van der Waals surface area contributed by atoms with Gasteiger partial charge in [-0.05, 0) is 123 Å². The lowest BCUT2D eigenvalue weighted by atomic mass is 9.95. The van der Waals surface area contributed by atoms with Crippen molar-refractivity contribution in [3.05, 3.63) is 106 Å².